The molecule has 13 heavy (non-hydrogen) atoms. The average molecular weight is 185 g/mol. The Labute approximate surface area is 78.7 Å². The Morgan fingerprint density at radius 1 is 1.69 bits per heavy atom. The van der Waals surface area contributed by atoms with Crippen LogP contribution in [0, 0.1) is 0 Å². The predicted octanol–water partition coefficient (Wildman–Crippen LogP) is 2.28. The number of rotatable bonds is 5. The van der Waals surface area contributed by atoms with E-state index in [0.717, 1.165) is 0 Å². The second kappa shape index (κ2) is 5.51. The van der Waals surface area contributed by atoms with Gasteiger partial charge in [0, 0.05) is 19.5 Å². The lowest BCUT2D eigenvalue weighted by Crippen LogP contribution is -2.27. The Morgan fingerprint density at radius 3 is 2.62 bits per heavy atom. The normalized spacial score (nSPS) is 13.7. The summed E-state index contributed by atoms with van der Waals surface area (Å²) in [7, 11) is 1.63. The van der Waals surface area contributed by atoms with Gasteiger partial charge in [-0.3, -0.25) is 4.79 Å². The monoisotopic (exact) mass is 185 g/mol. The maximum Gasteiger partial charge on any atom is 0.209 e. The molecule has 0 aliphatic rings. The Bertz CT molecular complexity index is 223. The summed E-state index contributed by atoms with van der Waals surface area (Å²) < 4.78 is 13.1. The van der Waals surface area contributed by atoms with Crippen LogP contribution in [0.15, 0.2) is 24.1 Å². The highest BCUT2D eigenvalue weighted by molar-refractivity contribution is 5.47. The van der Waals surface area contributed by atoms with Crippen molar-refractivity contribution < 1.29 is 9.18 Å². The number of halogens is 1. The van der Waals surface area contributed by atoms with E-state index in [2.05, 4.69) is 6.58 Å². The number of nitrogens with zero attached hydrogens (tertiary/aromatic N) is 1. The smallest absolute Gasteiger partial charge is 0.209 e. The molecule has 0 aromatic carbocycles. The molecule has 74 valence electrons. The van der Waals surface area contributed by atoms with Gasteiger partial charge in [0.15, 0.2) is 0 Å². The van der Waals surface area contributed by atoms with Crippen molar-refractivity contribution in [3.8, 4) is 0 Å². The molecule has 3 heteroatoms. The summed E-state index contributed by atoms with van der Waals surface area (Å²) in [5.41, 5.74) is 0.679. The van der Waals surface area contributed by atoms with Crippen molar-refractivity contribution in [1.29, 1.82) is 0 Å². The molecular formula is C10H16FNO. The van der Waals surface area contributed by atoms with Crippen LogP contribution in [-0.4, -0.2) is 24.4 Å². The largest absolute Gasteiger partial charge is 0.345 e. The van der Waals surface area contributed by atoms with Gasteiger partial charge in [-0.2, -0.15) is 0 Å². The minimum Gasteiger partial charge on any atom is -0.345 e. The second-order valence-corrected chi connectivity index (χ2v) is 3.26. The molecule has 0 bridgehead atoms. The fourth-order valence-corrected chi connectivity index (χ4v) is 0.856. The minimum absolute atomic E-state index is 0.118. The average Bonchev–Trinajstić information content (AvgIpc) is 2.01. The van der Waals surface area contributed by atoms with Gasteiger partial charge in [-0.15, -0.1) is 0 Å². The van der Waals surface area contributed by atoms with Crippen molar-refractivity contribution in [2.75, 3.05) is 7.05 Å². The molecular weight excluding hydrogens is 169 g/mol. The first-order valence-corrected chi connectivity index (χ1v) is 4.16. The molecule has 0 N–H and O–H groups in total. The van der Waals surface area contributed by atoms with E-state index >= 15 is 0 Å². The molecule has 0 aromatic rings. The van der Waals surface area contributed by atoms with Crippen LogP contribution in [0.25, 0.3) is 0 Å². The van der Waals surface area contributed by atoms with Crippen LogP contribution in [0.1, 0.15) is 20.3 Å². The Hall–Kier alpha value is -1.12. The lowest BCUT2D eigenvalue weighted by atomic mass is 10.1. The highest BCUT2D eigenvalue weighted by atomic mass is 19.1. The zero-order chi connectivity index (χ0) is 10.4. The highest BCUT2D eigenvalue weighted by Gasteiger charge is 2.08. The zero-order valence-corrected chi connectivity index (χ0v) is 8.38. The first-order chi connectivity index (χ1) is 5.97. The van der Waals surface area contributed by atoms with Crippen molar-refractivity contribution >= 4 is 6.41 Å². The molecule has 0 aliphatic heterocycles. The molecule has 0 saturated carbocycles. The van der Waals surface area contributed by atoms with Gasteiger partial charge in [0.25, 0.3) is 0 Å². The number of carbonyl (C=O) groups is 1. The van der Waals surface area contributed by atoms with E-state index in [1.807, 2.05) is 0 Å². The summed E-state index contributed by atoms with van der Waals surface area (Å²) >= 11 is 0. The van der Waals surface area contributed by atoms with E-state index in [0.29, 0.717) is 12.0 Å². The van der Waals surface area contributed by atoms with Crippen LogP contribution in [0.5, 0.6) is 0 Å². The molecule has 0 aromatic heterocycles. The molecule has 0 spiro atoms. The van der Waals surface area contributed by atoms with Crippen LogP contribution in [0.4, 0.5) is 4.39 Å². The van der Waals surface area contributed by atoms with Crippen LogP contribution < -0.4 is 0 Å². The standard InChI is InChI=1S/C10H16FNO/c1-8(2)5-10(11)6-9(3)12(4)7-13/h5,7,9H,1,6H2,2-4H3/b10-5+. The maximum atomic E-state index is 13.1. The number of hydrogen-bond donors (Lipinski definition) is 0. The van der Waals surface area contributed by atoms with Gasteiger partial charge in [0.05, 0.1) is 0 Å². The predicted molar refractivity (Wildman–Crippen MR) is 51.9 cm³/mol. The number of hydrogen-bond acceptors (Lipinski definition) is 1. The zero-order valence-electron chi connectivity index (χ0n) is 8.38. The first kappa shape index (κ1) is 11.9. The van der Waals surface area contributed by atoms with Crippen LogP contribution >= 0.6 is 0 Å². The molecule has 0 saturated heterocycles. The molecule has 1 unspecified atom stereocenters. The summed E-state index contributed by atoms with van der Waals surface area (Å²) in [6.45, 7) is 7.09. The van der Waals surface area contributed by atoms with Gasteiger partial charge in [-0.1, -0.05) is 12.2 Å². The molecule has 1 amide bonds. The van der Waals surface area contributed by atoms with Crippen LogP contribution in [-0.2, 0) is 4.79 Å². The van der Waals surface area contributed by atoms with Gasteiger partial charge in [0.2, 0.25) is 6.41 Å². The van der Waals surface area contributed by atoms with E-state index in [9.17, 15) is 9.18 Å². The van der Waals surface area contributed by atoms with E-state index in [1.165, 1.54) is 11.0 Å². The third-order valence-electron chi connectivity index (χ3n) is 1.75. The topological polar surface area (TPSA) is 20.3 Å². The quantitative estimate of drug-likeness (QED) is 0.475. The molecule has 0 rings (SSSR count). The highest BCUT2D eigenvalue weighted by Crippen LogP contribution is 2.12. The SMILES string of the molecule is C=C(C)/C=C(/F)CC(C)N(C)C=O. The number of allylic oxidation sites excluding steroid dienone is 2. The van der Waals surface area contributed by atoms with Crippen molar-refractivity contribution in [3.05, 3.63) is 24.1 Å². The molecule has 0 radical (unpaired) electrons. The summed E-state index contributed by atoms with van der Waals surface area (Å²) in [5.74, 6) is -0.242. The van der Waals surface area contributed by atoms with Gasteiger partial charge < -0.3 is 4.90 Å². The van der Waals surface area contributed by atoms with Gasteiger partial charge in [-0.25, -0.2) is 4.39 Å². The minimum atomic E-state index is -0.242. The fraction of sp³-hybridized carbons (Fsp3) is 0.500. The third-order valence-corrected chi connectivity index (χ3v) is 1.75. The van der Waals surface area contributed by atoms with Crippen LogP contribution in [0.3, 0.4) is 0 Å². The molecule has 2 nitrogen and oxygen atoms in total. The van der Waals surface area contributed by atoms with Crippen molar-refractivity contribution in [2.24, 2.45) is 0 Å². The van der Waals surface area contributed by atoms with E-state index in [-0.39, 0.29) is 18.3 Å². The van der Waals surface area contributed by atoms with Crippen molar-refractivity contribution in [1.82, 2.24) is 4.90 Å². The molecule has 0 aliphatic carbocycles. The Kier molecular flexibility index (Phi) is 5.04. The van der Waals surface area contributed by atoms with Gasteiger partial charge >= 0.3 is 0 Å². The number of carbonyl (C=O) groups excluding carboxylic acids is 1. The van der Waals surface area contributed by atoms with E-state index < -0.39 is 0 Å². The fourth-order valence-electron chi connectivity index (χ4n) is 0.856. The Morgan fingerprint density at radius 2 is 2.23 bits per heavy atom. The second-order valence-electron chi connectivity index (χ2n) is 3.26. The molecule has 0 heterocycles. The lowest BCUT2D eigenvalue weighted by Gasteiger charge is -2.18. The van der Waals surface area contributed by atoms with Crippen LogP contribution in [0.2, 0.25) is 0 Å². The van der Waals surface area contributed by atoms with Gasteiger partial charge in [-0.05, 0) is 19.9 Å². The first-order valence-electron chi connectivity index (χ1n) is 4.16. The maximum absolute atomic E-state index is 13.1. The summed E-state index contributed by atoms with van der Waals surface area (Å²) in [6.07, 6.45) is 2.32. The van der Waals surface area contributed by atoms with Crippen molar-refractivity contribution in [3.63, 3.8) is 0 Å². The summed E-state index contributed by atoms with van der Waals surface area (Å²) in [6, 6.07) is -0.118. The lowest BCUT2D eigenvalue weighted by molar-refractivity contribution is -0.118. The Balaban J connectivity index is 4.12. The van der Waals surface area contributed by atoms with E-state index in [1.54, 1.807) is 20.9 Å². The molecule has 0 fully saturated rings. The van der Waals surface area contributed by atoms with Gasteiger partial charge in [0.1, 0.15) is 5.83 Å². The van der Waals surface area contributed by atoms with Crippen molar-refractivity contribution in [2.45, 2.75) is 26.3 Å². The number of amides is 1. The summed E-state index contributed by atoms with van der Waals surface area (Å²) in [4.78, 5) is 11.8. The molecule has 1 atom stereocenters. The van der Waals surface area contributed by atoms with E-state index in [4.69, 9.17) is 0 Å². The summed E-state index contributed by atoms with van der Waals surface area (Å²) in [5, 5.41) is 0. The third kappa shape index (κ3) is 5.17.